The molecule has 0 fully saturated rings. The van der Waals surface area contributed by atoms with Crippen LogP contribution in [0.1, 0.15) is 12.5 Å². The molecule has 11 heteroatoms. The van der Waals surface area contributed by atoms with Gasteiger partial charge in [-0.25, -0.2) is 16.8 Å². The number of anilines is 2. The average molecular weight is 449 g/mol. The van der Waals surface area contributed by atoms with Gasteiger partial charge in [-0.2, -0.15) is 0 Å². The second-order valence-corrected chi connectivity index (χ2v) is 9.56. The molecule has 3 rings (SSSR count). The maximum absolute atomic E-state index is 12.5. The van der Waals surface area contributed by atoms with E-state index in [1.807, 2.05) is 6.92 Å². The van der Waals surface area contributed by atoms with Gasteiger partial charge in [0.25, 0.3) is 20.0 Å². The number of hydrogen-bond acceptors (Lipinski definition) is 7. The van der Waals surface area contributed by atoms with Crippen LogP contribution in [0.4, 0.5) is 11.5 Å². The van der Waals surface area contributed by atoms with Crippen LogP contribution in [0.15, 0.2) is 70.5 Å². The van der Waals surface area contributed by atoms with Gasteiger partial charge >= 0.3 is 0 Å². The molecule has 0 bridgehead atoms. The molecular formula is C19H20N4O5S2. The van der Waals surface area contributed by atoms with Gasteiger partial charge in [-0.15, -0.1) is 10.2 Å². The predicted molar refractivity (Wildman–Crippen MR) is 112 cm³/mol. The number of benzene rings is 2. The van der Waals surface area contributed by atoms with E-state index >= 15 is 0 Å². The van der Waals surface area contributed by atoms with E-state index in [2.05, 4.69) is 19.6 Å². The van der Waals surface area contributed by atoms with Crippen molar-refractivity contribution in [3.8, 4) is 5.88 Å². The van der Waals surface area contributed by atoms with Crippen molar-refractivity contribution in [2.75, 3.05) is 16.6 Å². The summed E-state index contributed by atoms with van der Waals surface area (Å²) in [5.41, 5.74) is 1.26. The third kappa shape index (κ3) is 5.05. The van der Waals surface area contributed by atoms with Crippen molar-refractivity contribution < 1.29 is 21.6 Å². The maximum Gasteiger partial charge on any atom is 0.263 e. The molecule has 0 spiro atoms. The molecule has 0 radical (unpaired) electrons. The molecule has 1 aromatic heterocycles. The highest BCUT2D eigenvalue weighted by atomic mass is 32.2. The Bertz CT molecular complexity index is 1210. The molecule has 0 aliphatic heterocycles. The summed E-state index contributed by atoms with van der Waals surface area (Å²) in [4.78, 5) is 0.0616. The normalized spacial score (nSPS) is 11.7. The first-order chi connectivity index (χ1) is 14.2. The monoisotopic (exact) mass is 448 g/mol. The Balaban J connectivity index is 1.74. The van der Waals surface area contributed by atoms with Crippen molar-refractivity contribution in [1.82, 2.24) is 10.2 Å². The van der Waals surface area contributed by atoms with Crippen molar-refractivity contribution in [1.29, 1.82) is 0 Å². The van der Waals surface area contributed by atoms with Gasteiger partial charge in [0, 0.05) is 11.8 Å². The molecule has 9 nitrogen and oxygen atoms in total. The van der Waals surface area contributed by atoms with Gasteiger partial charge < -0.3 is 4.74 Å². The highest BCUT2D eigenvalue weighted by Crippen LogP contribution is 2.20. The first kappa shape index (κ1) is 21.5. The van der Waals surface area contributed by atoms with Crippen LogP contribution < -0.4 is 14.2 Å². The van der Waals surface area contributed by atoms with Crippen molar-refractivity contribution in [2.24, 2.45) is 0 Å². The Morgan fingerprint density at radius 1 is 0.767 bits per heavy atom. The summed E-state index contributed by atoms with van der Waals surface area (Å²) in [6, 6.07) is 14.7. The topological polar surface area (TPSA) is 127 Å². The summed E-state index contributed by atoms with van der Waals surface area (Å²) in [7, 11) is -6.29. The van der Waals surface area contributed by atoms with Gasteiger partial charge in [-0.1, -0.05) is 19.1 Å². The first-order valence-corrected chi connectivity index (χ1v) is 11.8. The van der Waals surface area contributed by atoms with Gasteiger partial charge in [0.1, 0.15) is 0 Å². The average Bonchev–Trinajstić information content (AvgIpc) is 2.74. The van der Waals surface area contributed by atoms with Gasteiger partial charge in [-0.05, 0) is 54.4 Å². The summed E-state index contributed by atoms with van der Waals surface area (Å²) in [5.74, 6) is 0.273. The smallest absolute Gasteiger partial charge is 0.263 e. The lowest BCUT2D eigenvalue weighted by Gasteiger charge is -2.10. The van der Waals surface area contributed by atoms with E-state index in [1.165, 1.54) is 55.6 Å². The molecule has 158 valence electrons. The lowest BCUT2D eigenvalue weighted by molar-refractivity contribution is 0.392. The lowest BCUT2D eigenvalue weighted by Crippen LogP contribution is -2.15. The fourth-order valence-electron chi connectivity index (χ4n) is 2.50. The second-order valence-electron chi connectivity index (χ2n) is 6.19. The van der Waals surface area contributed by atoms with Gasteiger partial charge in [0.05, 0.1) is 16.9 Å². The minimum atomic E-state index is -3.92. The molecule has 0 saturated carbocycles. The number of methoxy groups -OCH3 is 1. The molecule has 0 amide bonds. The fourth-order valence-corrected chi connectivity index (χ4v) is 4.56. The summed E-state index contributed by atoms with van der Waals surface area (Å²) >= 11 is 0. The minimum Gasteiger partial charge on any atom is -0.480 e. The quantitative estimate of drug-likeness (QED) is 0.542. The van der Waals surface area contributed by atoms with E-state index in [0.717, 1.165) is 12.0 Å². The van der Waals surface area contributed by atoms with Gasteiger partial charge in [0.2, 0.25) is 5.88 Å². The Labute approximate surface area is 175 Å². The molecule has 1 heterocycles. The van der Waals surface area contributed by atoms with Crippen LogP contribution in [0.25, 0.3) is 0 Å². The Kier molecular flexibility index (Phi) is 6.22. The summed E-state index contributed by atoms with van der Waals surface area (Å²) < 4.78 is 59.6. The van der Waals surface area contributed by atoms with Crippen molar-refractivity contribution >= 4 is 31.6 Å². The van der Waals surface area contributed by atoms with E-state index in [9.17, 15) is 16.8 Å². The third-order valence-corrected chi connectivity index (χ3v) is 6.91. The molecular weight excluding hydrogens is 428 g/mol. The van der Waals surface area contributed by atoms with Crippen molar-refractivity contribution in [3.05, 3.63) is 66.2 Å². The number of ether oxygens (including phenoxy) is 1. The van der Waals surface area contributed by atoms with Crippen LogP contribution in [-0.4, -0.2) is 34.1 Å². The van der Waals surface area contributed by atoms with E-state index < -0.39 is 20.0 Å². The number of aryl methyl sites for hydroxylation is 1. The molecule has 0 unspecified atom stereocenters. The summed E-state index contributed by atoms with van der Waals surface area (Å²) in [6.07, 6.45) is 0.805. The number of aromatic nitrogens is 2. The third-order valence-electron chi connectivity index (χ3n) is 4.15. The first-order valence-electron chi connectivity index (χ1n) is 8.86. The zero-order valence-electron chi connectivity index (χ0n) is 16.2. The Hall–Kier alpha value is -3.18. The number of sulfonamides is 2. The zero-order valence-corrected chi connectivity index (χ0v) is 17.9. The van der Waals surface area contributed by atoms with E-state index in [1.54, 1.807) is 12.1 Å². The molecule has 3 aromatic rings. The van der Waals surface area contributed by atoms with E-state index in [0.29, 0.717) is 0 Å². The molecule has 2 N–H and O–H groups in total. The van der Waals surface area contributed by atoms with E-state index in [-0.39, 0.29) is 27.2 Å². The van der Waals surface area contributed by atoms with Crippen molar-refractivity contribution in [2.45, 2.75) is 23.1 Å². The largest absolute Gasteiger partial charge is 0.480 e. The standard InChI is InChI=1S/C19H20N4O5S2/c1-3-14-4-8-16(9-5-14)29(24,25)22-15-6-10-17(11-7-15)30(26,27)23-18-12-13-19(28-2)21-20-18/h4-13,22H,3H2,1-2H3,(H,20,23). The van der Waals surface area contributed by atoms with Crippen LogP contribution in [0.5, 0.6) is 5.88 Å². The molecule has 0 aliphatic carbocycles. The van der Waals surface area contributed by atoms with Gasteiger partial charge in [0.15, 0.2) is 5.82 Å². The molecule has 0 saturated heterocycles. The predicted octanol–water partition coefficient (Wildman–Crippen LogP) is 2.65. The number of rotatable bonds is 8. The van der Waals surface area contributed by atoms with Gasteiger partial charge in [-0.3, -0.25) is 9.44 Å². The number of nitrogens with one attached hydrogen (secondary N) is 2. The van der Waals surface area contributed by atoms with E-state index in [4.69, 9.17) is 4.74 Å². The van der Waals surface area contributed by atoms with Crippen LogP contribution in [-0.2, 0) is 26.5 Å². The highest BCUT2D eigenvalue weighted by Gasteiger charge is 2.17. The van der Waals surface area contributed by atoms with Crippen molar-refractivity contribution in [3.63, 3.8) is 0 Å². The minimum absolute atomic E-state index is 0.0242. The second kappa shape index (κ2) is 8.67. The molecule has 2 aromatic carbocycles. The van der Waals surface area contributed by atoms with Crippen LogP contribution in [0.2, 0.25) is 0 Å². The number of nitrogens with zero attached hydrogens (tertiary/aromatic N) is 2. The SMILES string of the molecule is CCc1ccc(S(=O)(=O)Nc2ccc(S(=O)(=O)Nc3ccc(OC)nn3)cc2)cc1. The molecule has 0 aliphatic rings. The Morgan fingerprint density at radius 2 is 1.33 bits per heavy atom. The van der Waals surface area contributed by atoms with Crippen LogP contribution >= 0.6 is 0 Å². The highest BCUT2D eigenvalue weighted by molar-refractivity contribution is 7.93. The summed E-state index contributed by atoms with van der Waals surface area (Å²) in [5, 5.41) is 7.41. The molecule has 0 atom stereocenters. The van der Waals surface area contributed by atoms with Crippen LogP contribution in [0.3, 0.4) is 0 Å². The fraction of sp³-hybridized carbons (Fsp3) is 0.158. The number of hydrogen-bond donors (Lipinski definition) is 2. The lowest BCUT2D eigenvalue weighted by atomic mass is 10.2. The zero-order chi connectivity index (χ0) is 21.8. The summed E-state index contributed by atoms with van der Waals surface area (Å²) in [6.45, 7) is 1.98. The Morgan fingerprint density at radius 3 is 1.83 bits per heavy atom. The maximum atomic E-state index is 12.5. The van der Waals surface area contributed by atoms with Crippen LogP contribution in [0, 0.1) is 0 Å². The molecule has 30 heavy (non-hydrogen) atoms.